The van der Waals surface area contributed by atoms with E-state index in [1.54, 1.807) is 24.1 Å². The second-order valence-electron chi connectivity index (χ2n) is 5.84. The van der Waals surface area contributed by atoms with Gasteiger partial charge >= 0.3 is 6.03 Å². The lowest BCUT2D eigenvalue weighted by atomic mass is 10.1. The molecule has 2 atom stereocenters. The largest absolute Gasteiger partial charge is 0.383 e. The molecule has 6 nitrogen and oxygen atoms in total. The number of fused-ring (bicyclic) bond motifs is 1. The molecule has 0 saturated carbocycles. The Kier molecular flexibility index (Phi) is 4.47. The zero-order valence-corrected chi connectivity index (χ0v) is 13.0. The Morgan fingerprint density at radius 3 is 3.00 bits per heavy atom. The minimum absolute atomic E-state index is 0.0518. The number of hydrogen-bond donors (Lipinski definition) is 1. The number of amides is 3. The topological polar surface area (TPSA) is 61.9 Å². The van der Waals surface area contributed by atoms with Gasteiger partial charge in [-0.3, -0.25) is 4.79 Å². The summed E-state index contributed by atoms with van der Waals surface area (Å²) in [6.45, 7) is 1.63. The van der Waals surface area contributed by atoms with Crippen LogP contribution in [0.5, 0.6) is 0 Å². The molecule has 1 N–H and O–H groups in total. The quantitative estimate of drug-likeness (QED) is 0.918. The van der Waals surface area contributed by atoms with E-state index in [1.807, 2.05) is 4.90 Å². The SMILES string of the molecule is COCCN1C(=O)C[C@H]2[C@@H]1CCN2C(=O)Nc1cccc(F)c1. The molecule has 0 aliphatic carbocycles. The van der Waals surface area contributed by atoms with E-state index < -0.39 is 5.82 Å². The number of anilines is 1. The molecular formula is C16H20FN3O3. The molecule has 0 radical (unpaired) electrons. The van der Waals surface area contributed by atoms with Crippen molar-refractivity contribution in [2.45, 2.75) is 24.9 Å². The van der Waals surface area contributed by atoms with Gasteiger partial charge in [-0.15, -0.1) is 0 Å². The first-order valence-corrected chi connectivity index (χ1v) is 7.71. The Morgan fingerprint density at radius 1 is 1.43 bits per heavy atom. The van der Waals surface area contributed by atoms with Crippen molar-refractivity contribution in [3.05, 3.63) is 30.1 Å². The third-order valence-corrected chi connectivity index (χ3v) is 4.49. The average Bonchev–Trinajstić information content (AvgIpc) is 3.03. The standard InChI is InChI=1S/C16H20FN3O3/c1-23-8-7-19-13-5-6-20(14(13)10-15(19)21)16(22)18-12-4-2-3-11(17)9-12/h2-4,9,13-14H,5-8,10H2,1H3,(H,18,22)/t13-,14-/m0/s1. The predicted octanol–water partition coefficient (Wildman–Crippen LogP) is 1.68. The summed E-state index contributed by atoms with van der Waals surface area (Å²) in [6.07, 6.45) is 1.10. The monoisotopic (exact) mass is 321 g/mol. The van der Waals surface area contributed by atoms with Crippen LogP contribution in [0.15, 0.2) is 24.3 Å². The highest BCUT2D eigenvalue weighted by atomic mass is 19.1. The van der Waals surface area contributed by atoms with Gasteiger partial charge in [0, 0.05) is 32.3 Å². The number of carbonyl (C=O) groups is 2. The second kappa shape index (κ2) is 6.54. The van der Waals surface area contributed by atoms with Crippen LogP contribution < -0.4 is 5.32 Å². The molecule has 23 heavy (non-hydrogen) atoms. The Morgan fingerprint density at radius 2 is 2.26 bits per heavy atom. The molecule has 1 aromatic rings. The number of hydrogen-bond acceptors (Lipinski definition) is 3. The lowest BCUT2D eigenvalue weighted by Crippen LogP contribution is -2.42. The maximum Gasteiger partial charge on any atom is 0.322 e. The van der Waals surface area contributed by atoms with E-state index in [1.165, 1.54) is 12.1 Å². The molecule has 124 valence electrons. The molecule has 3 rings (SSSR count). The van der Waals surface area contributed by atoms with Gasteiger partial charge in [0.1, 0.15) is 5.82 Å². The van der Waals surface area contributed by atoms with Crippen LogP contribution in [-0.4, -0.2) is 60.6 Å². The smallest absolute Gasteiger partial charge is 0.322 e. The molecule has 0 unspecified atom stereocenters. The predicted molar refractivity (Wildman–Crippen MR) is 82.5 cm³/mol. The Labute approximate surface area is 134 Å². The lowest BCUT2D eigenvalue weighted by Gasteiger charge is -2.25. The first-order valence-electron chi connectivity index (χ1n) is 7.71. The number of likely N-dealkylation sites (tertiary alicyclic amines) is 2. The number of nitrogens with zero attached hydrogens (tertiary/aromatic N) is 2. The van der Waals surface area contributed by atoms with Crippen LogP contribution in [0.1, 0.15) is 12.8 Å². The van der Waals surface area contributed by atoms with Crippen LogP contribution in [0.2, 0.25) is 0 Å². The molecule has 0 bridgehead atoms. The van der Waals surface area contributed by atoms with E-state index in [-0.39, 0.29) is 24.0 Å². The summed E-state index contributed by atoms with van der Waals surface area (Å²) in [7, 11) is 1.60. The minimum atomic E-state index is -0.399. The van der Waals surface area contributed by atoms with Crippen LogP contribution in [0, 0.1) is 5.82 Å². The fraction of sp³-hybridized carbons (Fsp3) is 0.500. The maximum absolute atomic E-state index is 13.2. The van der Waals surface area contributed by atoms with E-state index >= 15 is 0 Å². The summed E-state index contributed by atoms with van der Waals surface area (Å²) in [5.41, 5.74) is 0.416. The Bertz CT molecular complexity index is 610. The number of carbonyl (C=O) groups excluding carboxylic acids is 2. The van der Waals surface area contributed by atoms with Crippen molar-refractivity contribution in [1.29, 1.82) is 0 Å². The number of halogens is 1. The van der Waals surface area contributed by atoms with Gasteiger partial charge in [-0.2, -0.15) is 0 Å². The molecule has 2 aliphatic heterocycles. The summed E-state index contributed by atoms with van der Waals surface area (Å²) in [6, 6.07) is 5.43. The van der Waals surface area contributed by atoms with E-state index in [0.29, 0.717) is 31.8 Å². The molecule has 2 saturated heterocycles. The number of benzene rings is 1. The van der Waals surface area contributed by atoms with E-state index in [4.69, 9.17) is 4.74 Å². The van der Waals surface area contributed by atoms with E-state index in [9.17, 15) is 14.0 Å². The van der Waals surface area contributed by atoms with Crippen LogP contribution in [0.3, 0.4) is 0 Å². The van der Waals surface area contributed by atoms with Gasteiger partial charge < -0.3 is 19.9 Å². The third kappa shape index (κ3) is 3.14. The Hall–Kier alpha value is -2.15. The molecule has 1 aromatic carbocycles. The third-order valence-electron chi connectivity index (χ3n) is 4.49. The average molecular weight is 321 g/mol. The highest BCUT2D eigenvalue weighted by Crippen LogP contribution is 2.32. The van der Waals surface area contributed by atoms with Gasteiger partial charge in [0.05, 0.1) is 18.7 Å². The zero-order valence-electron chi connectivity index (χ0n) is 13.0. The van der Waals surface area contributed by atoms with E-state index in [2.05, 4.69) is 5.32 Å². The summed E-state index contributed by atoms with van der Waals surface area (Å²) >= 11 is 0. The normalized spacial score (nSPS) is 23.3. The van der Waals surface area contributed by atoms with Crippen LogP contribution >= 0.6 is 0 Å². The zero-order chi connectivity index (χ0) is 16.4. The van der Waals surface area contributed by atoms with Gasteiger partial charge in [-0.1, -0.05) is 6.07 Å². The maximum atomic E-state index is 13.2. The van der Waals surface area contributed by atoms with Crippen LogP contribution in [0.25, 0.3) is 0 Å². The highest BCUT2D eigenvalue weighted by Gasteiger charge is 2.48. The van der Waals surface area contributed by atoms with Crippen molar-refractivity contribution in [2.75, 3.05) is 32.1 Å². The summed E-state index contributed by atoms with van der Waals surface area (Å²) in [5.74, 6) is -0.343. The van der Waals surface area contributed by atoms with Gasteiger partial charge in [0.15, 0.2) is 0 Å². The number of nitrogens with one attached hydrogen (secondary N) is 1. The highest BCUT2D eigenvalue weighted by molar-refractivity contribution is 5.91. The first-order chi connectivity index (χ1) is 11.1. The molecule has 2 heterocycles. The van der Waals surface area contributed by atoms with Crippen LogP contribution in [-0.2, 0) is 9.53 Å². The fourth-order valence-corrected chi connectivity index (χ4v) is 3.42. The van der Waals surface area contributed by atoms with Crippen molar-refractivity contribution >= 4 is 17.6 Å². The molecule has 0 aromatic heterocycles. The van der Waals surface area contributed by atoms with Crippen molar-refractivity contribution in [3.8, 4) is 0 Å². The van der Waals surface area contributed by atoms with Crippen molar-refractivity contribution in [1.82, 2.24) is 9.80 Å². The van der Waals surface area contributed by atoms with Crippen molar-refractivity contribution < 1.29 is 18.7 Å². The number of rotatable bonds is 4. The summed E-state index contributed by atoms with van der Waals surface area (Å²) < 4.78 is 18.2. The number of urea groups is 1. The number of methoxy groups -OCH3 is 1. The van der Waals surface area contributed by atoms with Gasteiger partial charge in [-0.25, -0.2) is 9.18 Å². The lowest BCUT2D eigenvalue weighted by molar-refractivity contribution is -0.129. The van der Waals surface area contributed by atoms with Gasteiger partial charge in [0.2, 0.25) is 5.91 Å². The molecular weight excluding hydrogens is 301 g/mol. The molecule has 7 heteroatoms. The van der Waals surface area contributed by atoms with Crippen LogP contribution in [0.4, 0.5) is 14.9 Å². The molecule has 2 aliphatic rings. The molecule has 0 spiro atoms. The fourth-order valence-electron chi connectivity index (χ4n) is 3.42. The van der Waals surface area contributed by atoms with Gasteiger partial charge in [-0.05, 0) is 24.6 Å². The van der Waals surface area contributed by atoms with Crippen molar-refractivity contribution in [3.63, 3.8) is 0 Å². The van der Waals surface area contributed by atoms with E-state index in [0.717, 1.165) is 6.42 Å². The summed E-state index contributed by atoms with van der Waals surface area (Å²) in [4.78, 5) is 28.1. The minimum Gasteiger partial charge on any atom is -0.383 e. The number of ether oxygens (including phenoxy) is 1. The second-order valence-corrected chi connectivity index (χ2v) is 5.84. The molecule has 3 amide bonds. The molecule has 2 fully saturated rings. The van der Waals surface area contributed by atoms with Crippen molar-refractivity contribution in [2.24, 2.45) is 0 Å². The first kappa shape index (κ1) is 15.7. The summed E-state index contributed by atoms with van der Waals surface area (Å²) in [5, 5.41) is 2.70. The Balaban J connectivity index is 1.66. The van der Waals surface area contributed by atoms with Gasteiger partial charge in [0.25, 0.3) is 0 Å².